The second-order valence-corrected chi connectivity index (χ2v) is 5.64. The van der Waals surface area contributed by atoms with Gasteiger partial charge in [0.1, 0.15) is 4.48 Å². The van der Waals surface area contributed by atoms with Crippen molar-refractivity contribution in [3.63, 3.8) is 0 Å². The number of cyclic esters (lactones) is 1. The van der Waals surface area contributed by atoms with Crippen LogP contribution >= 0.6 is 15.9 Å². The van der Waals surface area contributed by atoms with Gasteiger partial charge >= 0.3 is 11.9 Å². The Hall–Kier alpha value is -2.40. The van der Waals surface area contributed by atoms with E-state index < -0.39 is 11.9 Å². The van der Waals surface area contributed by atoms with Crippen molar-refractivity contribution in [3.05, 3.63) is 64.1 Å². The summed E-state index contributed by atoms with van der Waals surface area (Å²) in [6, 6.07) is 14.6. The molecule has 5 heteroatoms. The maximum atomic E-state index is 12.4. The number of benzene rings is 2. The van der Waals surface area contributed by atoms with Crippen LogP contribution in [0.3, 0.4) is 0 Å². The van der Waals surface area contributed by atoms with Gasteiger partial charge in [-0.2, -0.15) is 0 Å². The van der Waals surface area contributed by atoms with Gasteiger partial charge < -0.3 is 9.47 Å². The second-order valence-electron chi connectivity index (χ2n) is 4.84. The molecule has 3 rings (SSSR count). The van der Waals surface area contributed by atoms with E-state index >= 15 is 0 Å². The van der Waals surface area contributed by atoms with Gasteiger partial charge in [-0.1, -0.05) is 42.5 Å². The van der Waals surface area contributed by atoms with Crippen molar-refractivity contribution < 1.29 is 19.1 Å². The first-order valence-electron chi connectivity index (χ1n) is 7.11. The summed E-state index contributed by atoms with van der Waals surface area (Å²) in [5.41, 5.74) is 2.71. The van der Waals surface area contributed by atoms with Crippen LogP contribution in [0.4, 0.5) is 0 Å². The predicted octanol–water partition coefficient (Wildman–Crippen LogP) is 4.15. The summed E-state index contributed by atoms with van der Waals surface area (Å²) in [6.07, 6.45) is 0. The molecule has 4 nitrogen and oxygen atoms in total. The smallest absolute Gasteiger partial charge is 0.349 e. The number of carbonyl (C=O) groups excluding carboxylic acids is 2. The highest BCUT2D eigenvalue weighted by atomic mass is 79.9. The molecule has 23 heavy (non-hydrogen) atoms. The predicted molar refractivity (Wildman–Crippen MR) is 89.8 cm³/mol. The van der Waals surface area contributed by atoms with Crippen LogP contribution in [-0.2, 0) is 14.3 Å². The van der Waals surface area contributed by atoms with E-state index in [1.807, 2.05) is 30.3 Å². The first kappa shape index (κ1) is 15.5. The molecule has 0 spiro atoms. The molecular formula is C18H13BrO4. The number of carbonyl (C=O) groups is 2. The highest BCUT2D eigenvalue weighted by Crippen LogP contribution is 2.38. The van der Waals surface area contributed by atoms with Crippen LogP contribution in [0.2, 0.25) is 0 Å². The topological polar surface area (TPSA) is 52.6 Å². The van der Waals surface area contributed by atoms with E-state index in [4.69, 9.17) is 9.47 Å². The molecule has 116 valence electrons. The highest BCUT2D eigenvalue weighted by Gasteiger charge is 2.28. The Labute approximate surface area is 141 Å². The van der Waals surface area contributed by atoms with Crippen LogP contribution in [0, 0.1) is 0 Å². The number of esters is 2. The van der Waals surface area contributed by atoms with E-state index in [-0.39, 0.29) is 16.8 Å². The molecular weight excluding hydrogens is 360 g/mol. The molecule has 1 aliphatic heterocycles. The Morgan fingerprint density at radius 3 is 2.13 bits per heavy atom. The number of halogens is 1. The highest BCUT2D eigenvalue weighted by molar-refractivity contribution is 9.12. The van der Waals surface area contributed by atoms with Gasteiger partial charge in [0.2, 0.25) is 0 Å². The van der Waals surface area contributed by atoms with E-state index in [9.17, 15) is 9.59 Å². The van der Waals surface area contributed by atoms with E-state index in [1.54, 1.807) is 25.1 Å². The molecule has 0 radical (unpaired) electrons. The molecule has 2 aromatic carbocycles. The van der Waals surface area contributed by atoms with Crippen molar-refractivity contribution in [2.75, 3.05) is 6.61 Å². The lowest BCUT2D eigenvalue weighted by molar-refractivity contribution is -0.137. The Bertz CT molecular complexity index is 823. The molecule has 2 aromatic rings. The zero-order chi connectivity index (χ0) is 16.4. The first-order chi connectivity index (χ1) is 11.1. The normalized spacial score (nSPS) is 15.0. The summed E-state index contributed by atoms with van der Waals surface area (Å²) < 4.78 is 10.6. The summed E-state index contributed by atoms with van der Waals surface area (Å²) >= 11 is 3.21. The van der Waals surface area contributed by atoms with Gasteiger partial charge in [-0.3, -0.25) is 0 Å². The maximum absolute atomic E-state index is 12.4. The summed E-state index contributed by atoms with van der Waals surface area (Å²) in [7, 11) is 0. The average molecular weight is 373 g/mol. The fourth-order valence-corrected chi connectivity index (χ4v) is 2.87. The SMILES string of the molecule is CCOC(=O)/C(Br)=C1\OC(=O)c2ccccc2-c2ccccc21. The van der Waals surface area contributed by atoms with Crippen molar-refractivity contribution in [3.8, 4) is 11.1 Å². The number of rotatable bonds is 2. The van der Waals surface area contributed by atoms with Crippen LogP contribution in [0.5, 0.6) is 0 Å². The molecule has 0 fully saturated rings. The Balaban J connectivity index is 2.26. The van der Waals surface area contributed by atoms with Crippen LogP contribution in [0.15, 0.2) is 53.0 Å². The molecule has 1 heterocycles. The van der Waals surface area contributed by atoms with Crippen LogP contribution in [-0.4, -0.2) is 18.5 Å². The third-order valence-corrected chi connectivity index (χ3v) is 4.14. The minimum absolute atomic E-state index is 0.0907. The molecule has 0 atom stereocenters. The van der Waals surface area contributed by atoms with Crippen molar-refractivity contribution >= 4 is 33.6 Å². The molecule has 0 saturated heterocycles. The molecule has 0 bridgehead atoms. The summed E-state index contributed by atoms with van der Waals surface area (Å²) in [5, 5.41) is 0. The van der Waals surface area contributed by atoms with Gasteiger partial charge in [-0.25, -0.2) is 9.59 Å². The van der Waals surface area contributed by atoms with Gasteiger partial charge in [0, 0.05) is 5.56 Å². The average Bonchev–Trinajstić information content (AvgIpc) is 2.70. The summed E-state index contributed by atoms with van der Waals surface area (Å²) in [4.78, 5) is 24.5. The molecule has 0 saturated carbocycles. The van der Waals surface area contributed by atoms with E-state index in [2.05, 4.69) is 15.9 Å². The maximum Gasteiger partial charge on any atom is 0.349 e. The van der Waals surface area contributed by atoms with Gasteiger partial charge in [0.25, 0.3) is 0 Å². The lowest BCUT2D eigenvalue weighted by atomic mass is 9.95. The molecule has 0 amide bonds. The second kappa shape index (κ2) is 6.38. The molecule has 0 unspecified atom stereocenters. The lowest BCUT2D eigenvalue weighted by Gasteiger charge is -2.11. The molecule has 1 aliphatic rings. The summed E-state index contributed by atoms with van der Waals surface area (Å²) in [5.74, 6) is -0.913. The standard InChI is InChI=1S/C18H13BrO4/c1-2-22-18(21)15(19)16-13-9-5-3-7-11(13)12-8-4-6-10-14(12)17(20)23-16/h3-10H,2H2,1H3/b16-15+. The minimum Gasteiger partial charge on any atom is -0.462 e. The van der Waals surface area contributed by atoms with Crippen LogP contribution < -0.4 is 0 Å². The Morgan fingerprint density at radius 2 is 1.52 bits per heavy atom. The third kappa shape index (κ3) is 2.80. The van der Waals surface area contributed by atoms with Crippen LogP contribution in [0.25, 0.3) is 16.9 Å². The lowest BCUT2D eigenvalue weighted by Crippen LogP contribution is -2.09. The van der Waals surface area contributed by atoms with Crippen molar-refractivity contribution in [2.45, 2.75) is 6.92 Å². The van der Waals surface area contributed by atoms with E-state index in [0.29, 0.717) is 11.1 Å². The Kier molecular flexibility index (Phi) is 4.30. The van der Waals surface area contributed by atoms with E-state index in [1.165, 1.54) is 0 Å². The summed E-state index contributed by atoms with van der Waals surface area (Å²) in [6.45, 7) is 1.95. The van der Waals surface area contributed by atoms with Gasteiger partial charge in [-0.15, -0.1) is 0 Å². The number of ether oxygens (including phenoxy) is 2. The number of hydrogen-bond acceptors (Lipinski definition) is 4. The third-order valence-electron chi connectivity index (χ3n) is 3.46. The van der Waals surface area contributed by atoms with Crippen molar-refractivity contribution in [2.24, 2.45) is 0 Å². The Morgan fingerprint density at radius 1 is 1.00 bits per heavy atom. The van der Waals surface area contributed by atoms with Gasteiger partial charge in [0.15, 0.2) is 5.76 Å². The monoisotopic (exact) mass is 372 g/mol. The first-order valence-corrected chi connectivity index (χ1v) is 7.90. The fourth-order valence-electron chi connectivity index (χ4n) is 2.46. The molecule has 0 aliphatic carbocycles. The quantitative estimate of drug-likeness (QED) is 0.586. The largest absolute Gasteiger partial charge is 0.462 e. The fraction of sp³-hybridized carbons (Fsp3) is 0.111. The molecule has 0 aromatic heterocycles. The zero-order valence-corrected chi connectivity index (χ0v) is 13.9. The van der Waals surface area contributed by atoms with E-state index in [0.717, 1.165) is 11.1 Å². The number of fused-ring (bicyclic) bond motifs is 3. The minimum atomic E-state index is -0.573. The van der Waals surface area contributed by atoms with Crippen LogP contribution in [0.1, 0.15) is 22.8 Å². The molecule has 0 N–H and O–H groups in total. The zero-order valence-electron chi connectivity index (χ0n) is 12.3. The number of hydrogen-bond donors (Lipinski definition) is 0. The van der Waals surface area contributed by atoms with Gasteiger partial charge in [0.05, 0.1) is 12.2 Å². The van der Waals surface area contributed by atoms with Gasteiger partial charge in [-0.05, 0) is 40.0 Å². The van der Waals surface area contributed by atoms with Crippen molar-refractivity contribution in [1.29, 1.82) is 0 Å². The van der Waals surface area contributed by atoms with Crippen molar-refractivity contribution in [1.82, 2.24) is 0 Å².